The smallest absolute Gasteiger partial charge is 0.229 e. The average Bonchev–Trinajstić information content (AvgIpc) is 1.77. The van der Waals surface area contributed by atoms with E-state index in [-0.39, 0.29) is 5.55 Å². The van der Waals surface area contributed by atoms with Crippen LogP contribution in [0.1, 0.15) is 0 Å². The van der Waals surface area contributed by atoms with E-state index in [1.807, 2.05) is 0 Å². The molecule has 0 amide bonds. The zero-order valence-corrected chi connectivity index (χ0v) is 4.77. The first-order chi connectivity index (χ1) is 3.80. The van der Waals surface area contributed by atoms with Gasteiger partial charge in [-0.2, -0.15) is 0 Å². The molecule has 2 nitrogen and oxygen atoms in total. The maximum absolute atomic E-state index is 6.92. The minimum atomic E-state index is 0.00849. The van der Waals surface area contributed by atoms with Gasteiger partial charge in [0.15, 0.2) is 0 Å². The Morgan fingerprint density at radius 2 is 2.38 bits per heavy atom. The molecule has 1 aromatic heterocycles. The zero-order chi connectivity index (χ0) is 5.98. The van der Waals surface area contributed by atoms with Crippen LogP contribution in [0.3, 0.4) is 0 Å². The third-order valence-corrected chi connectivity index (χ3v) is 1.02. The molecule has 8 heavy (non-hydrogen) atoms. The summed E-state index contributed by atoms with van der Waals surface area (Å²) in [6.07, 6.45) is 1.41. The van der Waals surface area contributed by atoms with Crippen molar-refractivity contribution in [2.24, 2.45) is 0 Å². The van der Waals surface area contributed by atoms with Gasteiger partial charge in [0.05, 0.1) is 6.26 Å². The summed E-state index contributed by atoms with van der Waals surface area (Å²) in [4.78, 5) is 0. The highest BCUT2D eigenvalue weighted by Gasteiger charge is 1.85. The summed E-state index contributed by atoms with van der Waals surface area (Å²) in [5, 5.41) is 7.26. The molecule has 0 aliphatic carbocycles. The Morgan fingerprint density at radius 1 is 1.62 bits per heavy atom. The van der Waals surface area contributed by atoms with E-state index in [4.69, 9.17) is 17.0 Å². The van der Waals surface area contributed by atoms with E-state index in [0.717, 1.165) is 0 Å². The predicted molar refractivity (Wildman–Crippen MR) is 29.6 cm³/mol. The van der Waals surface area contributed by atoms with E-state index in [1.54, 1.807) is 12.1 Å². The van der Waals surface area contributed by atoms with Crippen LogP contribution in [0.2, 0.25) is 5.02 Å². The van der Waals surface area contributed by atoms with Gasteiger partial charge in [0.2, 0.25) is 5.55 Å². The maximum Gasteiger partial charge on any atom is 0.229 e. The molecule has 1 heterocycles. The van der Waals surface area contributed by atoms with Gasteiger partial charge in [-0.15, -0.1) is 0 Å². The van der Waals surface area contributed by atoms with Gasteiger partial charge in [-0.3, -0.25) is 5.41 Å². The summed E-state index contributed by atoms with van der Waals surface area (Å²) in [6, 6.07) is 3.24. The molecule has 3 heteroatoms. The van der Waals surface area contributed by atoms with Crippen molar-refractivity contribution in [2.75, 3.05) is 0 Å². The Balaban J connectivity index is 3.35. The first-order valence-electron chi connectivity index (χ1n) is 2.08. The van der Waals surface area contributed by atoms with Crippen molar-refractivity contribution in [3.63, 3.8) is 0 Å². The van der Waals surface area contributed by atoms with Crippen LogP contribution in [-0.2, 0) is 0 Å². The standard InChI is InChI=1S/C5H4ClNO/c6-4-2-1-3-8-5(4)7/h1-3,7H. The normalized spacial score (nSPS) is 9.12. The molecule has 0 aromatic carbocycles. The molecule has 1 aromatic rings. The van der Waals surface area contributed by atoms with Gasteiger partial charge in [0, 0.05) is 0 Å². The molecule has 0 aliphatic rings. The average molecular weight is 130 g/mol. The number of hydrogen-bond donors (Lipinski definition) is 1. The predicted octanol–water partition coefficient (Wildman–Crippen LogP) is 1.41. The summed E-state index contributed by atoms with van der Waals surface area (Å²) >= 11 is 5.43. The van der Waals surface area contributed by atoms with E-state index in [0.29, 0.717) is 5.02 Å². The minimum absolute atomic E-state index is 0.00849. The minimum Gasteiger partial charge on any atom is -0.446 e. The fourth-order valence-electron chi connectivity index (χ4n) is 0.363. The van der Waals surface area contributed by atoms with E-state index >= 15 is 0 Å². The number of hydrogen-bond acceptors (Lipinski definition) is 2. The highest BCUT2D eigenvalue weighted by molar-refractivity contribution is 6.30. The maximum atomic E-state index is 6.92. The number of rotatable bonds is 0. The Kier molecular flexibility index (Phi) is 1.35. The fourth-order valence-corrected chi connectivity index (χ4v) is 0.480. The second kappa shape index (κ2) is 2.01. The van der Waals surface area contributed by atoms with Crippen molar-refractivity contribution < 1.29 is 4.42 Å². The third-order valence-electron chi connectivity index (χ3n) is 0.724. The molecular weight excluding hydrogens is 126 g/mol. The molecule has 0 saturated carbocycles. The Morgan fingerprint density at radius 3 is 2.75 bits per heavy atom. The van der Waals surface area contributed by atoms with Gasteiger partial charge in [-0.05, 0) is 12.1 Å². The number of nitrogens with one attached hydrogen (secondary N) is 1. The van der Waals surface area contributed by atoms with Gasteiger partial charge in [-0.1, -0.05) is 11.6 Å². The van der Waals surface area contributed by atoms with Crippen molar-refractivity contribution in [1.29, 1.82) is 5.41 Å². The Labute approximate surface area is 51.2 Å². The van der Waals surface area contributed by atoms with Crippen LogP contribution in [0.4, 0.5) is 0 Å². The topological polar surface area (TPSA) is 37.0 Å². The highest BCUT2D eigenvalue weighted by Crippen LogP contribution is 1.96. The lowest BCUT2D eigenvalue weighted by Gasteiger charge is -1.83. The molecule has 42 valence electrons. The van der Waals surface area contributed by atoms with E-state index < -0.39 is 0 Å². The molecule has 1 N–H and O–H groups in total. The summed E-state index contributed by atoms with van der Waals surface area (Å²) in [6.45, 7) is 0. The molecule has 0 bridgehead atoms. The molecule has 0 aliphatic heterocycles. The highest BCUT2D eigenvalue weighted by atomic mass is 35.5. The quantitative estimate of drug-likeness (QED) is 0.565. The SMILES string of the molecule is N=c1occcc1Cl. The van der Waals surface area contributed by atoms with E-state index in [1.165, 1.54) is 6.26 Å². The molecule has 0 fully saturated rings. The lowest BCUT2D eigenvalue weighted by molar-refractivity contribution is 0.487. The van der Waals surface area contributed by atoms with Gasteiger partial charge in [-0.25, -0.2) is 0 Å². The van der Waals surface area contributed by atoms with Gasteiger partial charge >= 0.3 is 0 Å². The largest absolute Gasteiger partial charge is 0.446 e. The van der Waals surface area contributed by atoms with Gasteiger partial charge < -0.3 is 4.42 Å². The fraction of sp³-hybridized carbons (Fsp3) is 0. The second-order valence-electron chi connectivity index (χ2n) is 1.29. The van der Waals surface area contributed by atoms with Crippen molar-refractivity contribution in [1.82, 2.24) is 0 Å². The summed E-state index contributed by atoms with van der Waals surface area (Å²) < 4.78 is 4.59. The van der Waals surface area contributed by atoms with Crippen LogP contribution in [0.15, 0.2) is 22.8 Å². The van der Waals surface area contributed by atoms with Crippen LogP contribution >= 0.6 is 11.6 Å². The first kappa shape index (κ1) is 5.38. The van der Waals surface area contributed by atoms with Crippen LogP contribution in [0.5, 0.6) is 0 Å². The molecule has 0 radical (unpaired) electrons. The number of halogens is 1. The van der Waals surface area contributed by atoms with Crippen LogP contribution < -0.4 is 5.55 Å². The zero-order valence-electron chi connectivity index (χ0n) is 4.02. The molecular formula is C5H4ClNO. The van der Waals surface area contributed by atoms with Crippen molar-refractivity contribution >= 4 is 11.6 Å². The molecule has 0 unspecified atom stereocenters. The van der Waals surface area contributed by atoms with Crippen LogP contribution in [0.25, 0.3) is 0 Å². The van der Waals surface area contributed by atoms with Crippen molar-refractivity contribution in [3.8, 4) is 0 Å². The third kappa shape index (κ3) is 0.898. The molecule has 0 saturated heterocycles. The van der Waals surface area contributed by atoms with Gasteiger partial charge in [0.1, 0.15) is 5.02 Å². The molecule has 0 spiro atoms. The Bertz CT molecular complexity index is 230. The van der Waals surface area contributed by atoms with Crippen LogP contribution in [-0.4, -0.2) is 0 Å². The summed E-state index contributed by atoms with van der Waals surface area (Å²) in [5.74, 6) is 0. The lowest BCUT2D eigenvalue weighted by atomic mass is 10.5. The summed E-state index contributed by atoms with van der Waals surface area (Å²) in [7, 11) is 0. The van der Waals surface area contributed by atoms with Gasteiger partial charge in [0.25, 0.3) is 0 Å². The first-order valence-corrected chi connectivity index (χ1v) is 2.46. The van der Waals surface area contributed by atoms with Crippen LogP contribution in [0, 0.1) is 5.41 Å². The van der Waals surface area contributed by atoms with Crippen molar-refractivity contribution in [3.05, 3.63) is 29.0 Å². The molecule has 1 rings (SSSR count). The lowest BCUT2D eigenvalue weighted by Crippen LogP contribution is -1.95. The molecule has 0 atom stereocenters. The van der Waals surface area contributed by atoms with E-state index in [2.05, 4.69) is 4.42 Å². The Hall–Kier alpha value is -0.760. The monoisotopic (exact) mass is 129 g/mol. The summed E-state index contributed by atoms with van der Waals surface area (Å²) in [5.41, 5.74) is 0.00849. The van der Waals surface area contributed by atoms with E-state index in [9.17, 15) is 0 Å². The second-order valence-corrected chi connectivity index (χ2v) is 1.70. The van der Waals surface area contributed by atoms with Crippen molar-refractivity contribution in [2.45, 2.75) is 0 Å².